The molecule has 3 aromatic rings. The van der Waals surface area contributed by atoms with Crippen molar-refractivity contribution in [2.75, 3.05) is 19.0 Å². The zero-order valence-corrected chi connectivity index (χ0v) is 20.4. The van der Waals surface area contributed by atoms with Crippen LogP contribution in [0.3, 0.4) is 0 Å². The summed E-state index contributed by atoms with van der Waals surface area (Å²) in [5.41, 5.74) is 2.04. The number of anilines is 1. The Kier molecular flexibility index (Phi) is 7.11. The van der Waals surface area contributed by atoms with E-state index in [1.807, 2.05) is 6.92 Å². The van der Waals surface area contributed by atoms with Crippen LogP contribution < -0.4 is 14.8 Å². The van der Waals surface area contributed by atoms with Gasteiger partial charge in [0, 0.05) is 11.3 Å². The summed E-state index contributed by atoms with van der Waals surface area (Å²) >= 11 is 3.53. The lowest BCUT2D eigenvalue weighted by molar-refractivity contribution is -0.139. The van der Waals surface area contributed by atoms with Gasteiger partial charge in [0.05, 0.1) is 23.8 Å². The van der Waals surface area contributed by atoms with Gasteiger partial charge in [-0.1, -0.05) is 30.2 Å². The van der Waals surface area contributed by atoms with E-state index in [1.54, 1.807) is 37.3 Å². The number of halogens is 2. The number of methoxy groups -OCH3 is 1. The van der Waals surface area contributed by atoms with Crippen LogP contribution in [0.4, 0.5) is 10.3 Å². The van der Waals surface area contributed by atoms with E-state index in [-0.39, 0.29) is 12.4 Å². The number of carbonyl (C=O) groups excluding carboxylic acids is 1. The standard InChI is InChI=1S/C23H23BrFN5O4/c1-4-9-33-22(31)19-13(2)26-23-27-28-29-30(23)20(19)15-10-16(24)21(18(11-15)32-3)34-12-14-7-5-6-8-17(14)25/h5-8,10-11,20H,4,9,12H2,1-3H3,(H,26,27,29). The van der Waals surface area contributed by atoms with E-state index >= 15 is 0 Å². The summed E-state index contributed by atoms with van der Waals surface area (Å²) < 4.78 is 33.0. The molecule has 9 nitrogen and oxygen atoms in total. The SMILES string of the molecule is CCCOC(=O)C1=C(C)Nc2nnnn2C1c1cc(Br)c(OCc2ccccc2F)c(OC)c1. The first-order chi connectivity index (χ1) is 16.4. The van der Waals surface area contributed by atoms with Gasteiger partial charge in [0.2, 0.25) is 5.95 Å². The van der Waals surface area contributed by atoms with Gasteiger partial charge >= 0.3 is 5.97 Å². The Bertz CT molecular complexity index is 1250. The predicted molar refractivity (Wildman–Crippen MR) is 125 cm³/mol. The van der Waals surface area contributed by atoms with Gasteiger partial charge in [0.15, 0.2) is 11.5 Å². The van der Waals surface area contributed by atoms with Gasteiger partial charge in [-0.25, -0.2) is 9.18 Å². The maximum absolute atomic E-state index is 14.0. The topological polar surface area (TPSA) is 100 Å². The van der Waals surface area contributed by atoms with E-state index in [2.05, 4.69) is 36.8 Å². The van der Waals surface area contributed by atoms with Crippen molar-refractivity contribution in [3.05, 3.63) is 69.1 Å². The number of tetrazole rings is 1. The third-order valence-corrected chi connectivity index (χ3v) is 5.86. The lowest BCUT2D eigenvalue weighted by atomic mass is 9.95. The van der Waals surface area contributed by atoms with Gasteiger partial charge in [0.25, 0.3) is 0 Å². The average Bonchev–Trinajstić information content (AvgIpc) is 3.29. The van der Waals surface area contributed by atoms with Crippen LogP contribution in [0.1, 0.15) is 37.4 Å². The number of esters is 1. The fraction of sp³-hybridized carbons (Fsp3) is 0.304. The summed E-state index contributed by atoms with van der Waals surface area (Å²) in [6, 6.07) is 9.26. The average molecular weight is 532 g/mol. The Morgan fingerprint density at radius 3 is 2.82 bits per heavy atom. The molecule has 0 fully saturated rings. The summed E-state index contributed by atoms with van der Waals surface area (Å²) in [6.07, 6.45) is 0.694. The summed E-state index contributed by atoms with van der Waals surface area (Å²) in [4.78, 5) is 13.0. The van der Waals surface area contributed by atoms with Crippen LogP contribution in [0.25, 0.3) is 0 Å². The van der Waals surface area contributed by atoms with E-state index in [4.69, 9.17) is 14.2 Å². The minimum Gasteiger partial charge on any atom is -0.493 e. The van der Waals surface area contributed by atoms with Crippen molar-refractivity contribution >= 4 is 27.8 Å². The molecular formula is C23H23BrFN5O4. The molecule has 34 heavy (non-hydrogen) atoms. The highest BCUT2D eigenvalue weighted by Gasteiger charge is 2.36. The monoisotopic (exact) mass is 531 g/mol. The van der Waals surface area contributed by atoms with E-state index in [1.165, 1.54) is 17.9 Å². The number of allylic oxidation sites excluding steroid dienone is 1. The number of ether oxygens (including phenoxy) is 3. The number of nitrogens with one attached hydrogen (secondary N) is 1. The summed E-state index contributed by atoms with van der Waals surface area (Å²) in [5.74, 6) is 0.368. The van der Waals surface area contributed by atoms with Gasteiger partial charge in [-0.3, -0.25) is 0 Å². The first-order valence-electron chi connectivity index (χ1n) is 10.6. The molecule has 11 heteroatoms. The van der Waals surface area contributed by atoms with Crippen LogP contribution in [-0.4, -0.2) is 39.9 Å². The quantitative estimate of drug-likeness (QED) is 0.426. The van der Waals surface area contributed by atoms with Crippen LogP contribution in [-0.2, 0) is 16.1 Å². The Labute approximate surface area is 204 Å². The second-order valence-corrected chi connectivity index (χ2v) is 8.42. The fourth-order valence-corrected chi connectivity index (χ4v) is 4.23. The van der Waals surface area contributed by atoms with Crippen LogP contribution >= 0.6 is 15.9 Å². The molecule has 0 spiro atoms. The van der Waals surface area contributed by atoms with Gasteiger partial charge in [-0.2, -0.15) is 4.68 Å². The summed E-state index contributed by atoms with van der Waals surface area (Å²) in [5, 5.41) is 14.9. The molecule has 1 aliphatic rings. The zero-order chi connectivity index (χ0) is 24.2. The molecule has 0 amide bonds. The summed E-state index contributed by atoms with van der Waals surface area (Å²) in [7, 11) is 1.50. The van der Waals surface area contributed by atoms with Crippen molar-refractivity contribution in [2.45, 2.75) is 32.9 Å². The molecule has 0 bridgehead atoms. The smallest absolute Gasteiger partial charge is 0.338 e. The lowest BCUT2D eigenvalue weighted by Gasteiger charge is -2.28. The predicted octanol–water partition coefficient (Wildman–Crippen LogP) is 4.40. The lowest BCUT2D eigenvalue weighted by Crippen LogP contribution is -2.30. The zero-order valence-electron chi connectivity index (χ0n) is 18.8. The van der Waals surface area contributed by atoms with E-state index in [0.717, 1.165) is 0 Å². The molecule has 0 saturated heterocycles. The van der Waals surface area contributed by atoms with E-state index in [9.17, 15) is 9.18 Å². The number of hydrogen-bond acceptors (Lipinski definition) is 8. The van der Waals surface area contributed by atoms with Gasteiger partial charge in [-0.15, -0.1) is 0 Å². The number of benzene rings is 2. The van der Waals surface area contributed by atoms with Gasteiger partial charge in [-0.05, 0) is 63.5 Å². The van der Waals surface area contributed by atoms with Crippen molar-refractivity contribution in [1.29, 1.82) is 0 Å². The summed E-state index contributed by atoms with van der Waals surface area (Å²) in [6.45, 7) is 4.00. The van der Waals surface area contributed by atoms with Gasteiger partial charge < -0.3 is 19.5 Å². The Balaban J connectivity index is 1.73. The normalized spacial score (nSPS) is 14.9. The molecule has 178 valence electrons. The molecule has 2 aromatic carbocycles. The van der Waals surface area contributed by atoms with E-state index in [0.29, 0.717) is 57.3 Å². The Morgan fingerprint density at radius 2 is 2.09 bits per heavy atom. The van der Waals surface area contributed by atoms with E-state index < -0.39 is 12.0 Å². The molecule has 1 N–H and O–H groups in total. The van der Waals surface area contributed by atoms with Crippen LogP contribution in [0.2, 0.25) is 0 Å². The Hall–Kier alpha value is -3.47. The number of aromatic nitrogens is 4. The molecular weight excluding hydrogens is 509 g/mol. The maximum atomic E-state index is 14.0. The third kappa shape index (κ3) is 4.60. The molecule has 2 heterocycles. The number of hydrogen-bond donors (Lipinski definition) is 1. The maximum Gasteiger partial charge on any atom is 0.338 e. The highest BCUT2D eigenvalue weighted by Crippen LogP contribution is 2.43. The highest BCUT2D eigenvalue weighted by atomic mass is 79.9. The van der Waals surface area contributed by atoms with Crippen LogP contribution in [0.5, 0.6) is 11.5 Å². The minimum atomic E-state index is -0.665. The van der Waals surface area contributed by atoms with Crippen molar-refractivity contribution in [2.24, 2.45) is 0 Å². The molecule has 1 unspecified atom stereocenters. The first kappa shape index (κ1) is 23.7. The third-order valence-electron chi connectivity index (χ3n) is 5.27. The first-order valence-corrected chi connectivity index (χ1v) is 11.4. The number of fused-ring (bicyclic) bond motifs is 1. The number of nitrogens with zero attached hydrogens (tertiary/aromatic N) is 4. The second-order valence-electron chi connectivity index (χ2n) is 7.56. The van der Waals surface area contributed by atoms with Crippen molar-refractivity contribution in [3.63, 3.8) is 0 Å². The Morgan fingerprint density at radius 1 is 1.29 bits per heavy atom. The molecule has 0 radical (unpaired) electrons. The highest BCUT2D eigenvalue weighted by molar-refractivity contribution is 9.10. The molecule has 1 atom stereocenters. The second kappa shape index (κ2) is 10.2. The van der Waals surface area contributed by atoms with Gasteiger partial charge in [0.1, 0.15) is 18.5 Å². The largest absolute Gasteiger partial charge is 0.493 e. The minimum absolute atomic E-state index is 0.0130. The molecule has 1 aliphatic heterocycles. The molecule has 0 saturated carbocycles. The van der Waals surface area contributed by atoms with Crippen molar-refractivity contribution < 1.29 is 23.4 Å². The number of rotatable bonds is 8. The van der Waals surface area contributed by atoms with Crippen LogP contribution in [0.15, 0.2) is 52.1 Å². The molecule has 0 aliphatic carbocycles. The fourth-order valence-electron chi connectivity index (χ4n) is 3.66. The van der Waals surface area contributed by atoms with Crippen LogP contribution in [0, 0.1) is 5.82 Å². The number of carbonyl (C=O) groups is 1. The molecule has 4 rings (SSSR count). The van der Waals surface area contributed by atoms with Crippen molar-refractivity contribution in [3.8, 4) is 11.5 Å². The van der Waals surface area contributed by atoms with Crippen molar-refractivity contribution in [1.82, 2.24) is 20.2 Å². The molecule has 1 aromatic heterocycles.